The second-order valence-electron chi connectivity index (χ2n) is 4.78. The van der Waals surface area contributed by atoms with Crippen LogP contribution in [0.2, 0.25) is 0 Å². The third kappa shape index (κ3) is 2.31. The molecule has 3 rings (SSSR count). The first kappa shape index (κ1) is 13.8. The number of carbonyl (C=O) groups excluding carboxylic acids is 1. The molecular formula is C16H13N3O3. The zero-order valence-electron chi connectivity index (χ0n) is 11.8. The molecule has 0 radical (unpaired) electrons. The minimum atomic E-state index is -1.07. The van der Waals surface area contributed by atoms with E-state index in [0.29, 0.717) is 11.5 Å². The van der Waals surface area contributed by atoms with Crippen molar-refractivity contribution >= 4 is 23.3 Å². The number of fused-ring (bicyclic) bond motifs is 1. The number of carboxylic acid groups (broad SMARTS) is 1. The number of hydrogen-bond donors (Lipinski definition) is 2. The van der Waals surface area contributed by atoms with E-state index in [2.05, 4.69) is 10.3 Å². The maximum atomic E-state index is 11.5. The summed E-state index contributed by atoms with van der Waals surface area (Å²) >= 11 is 0. The molecule has 2 heterocycles. The lowest BCUT2D eigenvalue weighted by Crippen LogP contribution is -2.09. The predicted octanol–water partition coefficient (Wildman–Crippen LogP) is 2.66. The van der Waals surface area contributed by atoms with Gasteiger partial charge in [0.15, 0.2) is 5.65 Å². The van der Waals surface area contributed by atoms with Crippen LogP contribution in [-0.2, 0) is 4.79 Å². The zero-order valence-corrected chi connectivity index (χ0v) is 11.8. The first-order valence-corrected chi connectivity index (χ1v) is 6.65. The van der Waals surface area contributed by atoms with Gasteiger partial charge in [0.1, 0.15) is 17.1 Å². The van der Waals surface area contributed by atoms with Gasteiger partial charge in [-0.1, -0.05) is 30.3 Å². The van der Waals surface area contributed by atoms with Crippen LogP contribution in [0, 0.1) is 0 Å². The number of carbonyl (C=O) groups is 2. The number of nitrogens with zero attached hydrogens (tertiary/aromatic N) is 2. The molecule has 110 valence electrons. The van der Waals surface area contributed by atoms with E-state index in [1.807, 2.05) is 30.3 Å². The van der Waals surface area contributed by atoms with Gasteiger partial charge >= 0.3 is 5.97 Å². The highest BCUT2D eigenvalue weighted by molar-refractivity contribution is 5.98. The van der Waals surface area contributed by atoms with Crippen LogP contribution in [0.3, 0.4) is 0 Å². The van der Waals surface area contributed by atoms with Crippen LogP contribution >= 0.6 is 0 Å². The maximum Gasteiger partial charge on any atom is 0.339 e. The van der Waals surface area contributed by atoms with Gasteiger partial charge in [0.25, 0.3) is 0 Å². The quantitative estimate of drug-likeness (QED) is 0.778. The van der Waals surface area contributed by atoms with Crippen LogP contribution in [-0.4, -0.2) is 26.4 Å². The molecule has 0 saturated carbocycles. The minimum absolute atomic E-state index is 0.0799. The highest BCUT2D eigenvalue weighted by Crippen LogP contribution is 2.29. The fourth-order valence-electron chi connectivity index (χ4n) is 2.32. The number of rotatable bonds is 3. The average molecular weight is 295 g/mol. The second kappa shape index (κ2) is 5.33. The van der Waals surface area contributed by atoms with Crippen molar-refractivity contribution in [3.8, 4) is 11.3 Å². The number of amides is 1. The average Bonchev–Trinajstić information content (AvgIpc) is 2.86. The van der Waals surface area contributed by atoms with Crippen molar-refractivity contribution in [3.05, 3.63) is 54.2 Å². The van der Waals surface area contributed by atoms with E-state index >= 15 is 0 Å². The number of hydrogen-bond acceptors (Lipinski definition) is 3. The highest BCUT2D eigenvalue weighted by Gasteiger charge is 2.19. The van der Waals surface area contributed by atoms with Gasteiger partial charge in [-0.2, -0.15) is 0 Å². The molecule has 1 aromatic carbocycles. The Labute approximate surface area is 126 Å². The van der Waals surface area contributed by atoms with Crippen molar-refractivity contribution in [3.63, 3.8) is 0 Å². The van der Waals surface area contributed by atoms with Crippen molar-refractivity contribution in [2.24, 2.45) is 0 Å². The van der Waals surface area contributed by atoms with E-state index in [0.717, 1.165) is 5.56 Å². The van der Waals surface area contributed by atoms with Gasteiger partial charge in [-0.15, -0.1) is 0 Å². The Morgan fingerprint density at radius 3 is 2.50 bits per heavy atom. The molecule has 0 aliphatic carbocycles. The van der Waals surface area contributed by atoms with Gasteiger partial charge in [0.05, 0.1) is 0 Å². The predicted molar refractivity (Wildman–Crippen MR) is 81.9 cm³/mol. The monoisotopic (exact) mass is 295 g/mol. The number of carboxylic acids is 1. The summed E-state index contributed by atoms with van der Waals surface area (Å²) < 4.78 is 1.58. The summed E-state index contributed by atoms with van der Waals surface area (Å²) in [6, 6.07) is 12.4. The SMILES string of the molecule is CC(=O)Nc1c(-c2ccccc2)nc2c(C(=O)O)cccn12. The Morgan fingerprint density at radius 1 is 1.14 bits per heavy atom. The topological polar surface area (TPSA) is 83.7 Å². The van der Waals surface area contributed by atoms with Crippen molar-refractivity contribution < 1.29 is 14.7 Å². The van der Waals surface area contributed by atoms with Crippen molar-refractivity contribution in [1.82, 2.24) is 9.38 Å². The van der Waals surface area contributed by atoms with E-state index < -0.39 is 5.97 Å². The highest BCUT2D eigenvalue weighted by atomic mass is 16.4. The summed E-state index contributed by atoms with van der Waals surface area (Å²) in [5.74, 6) is -0.860. The molecule has 6 nitrogen and oxygen atoms in total. The number of nitrogens with one attached hydrogen (secondary N) is 1. The molecule has 0 fully saturated rings. The van der Waals surface area contributed by atoms with Crippen LogP contribution in [0.15, 0.2) is 48.7 Å². The summed E-state index contributed by atoms with van der Waals surface area (Å²) in [5, 5.41) is 12.0. The normalized spacial score (nSPS) is 10.6. The summed E-state index contributed by atoms with van der Waals surface area (Å²) in [4.78, 5) is 27.3. The maximum absolute atomic E-state index is 11.5. The first-order chi connectivity index (χ1) is 10.6. The summed E-state index contributed by atoms with van der Waals surface area (Å²) in [5.41, 5.74) is 1.70. The first-order valence-electron chi connectivity index (χ1n) is 6.65. The fraction of sp³-hybridized carbons (Fsp3) is 0.0625. The standard InChI is InChI=1S/C16H13N3O3/c1-10(20)17-15-13(11-6-3-2-4-7-11)18-14-12(16(21)22)8-5-9-19(14)15/h2-9H,1H3,(H,17,20)(H,21,22). The number of aromatic carboxylic acids is 1. The van der Waals surface area contributed by atoms with Crippen LogP contribution in [0.4, 0.5) is 5.82 Å². The smallest absolute Gasteiger partial charge is 0.339 e. The van der Waals surface area contributed by atoms with Crippen LogP contribution in [0.5, 0.6) is 0 Å². The molecule has 6 heteroatoms. The molecule has 0 saturated heterocycles. The largest absolute Gasteiger partial charge is 0.478 e. The third-order valence-electron chi connectivity index (χ3n) is 3.22. The van der Waals surface area contributed by atoms with Crippen LogP contribution in [0.1, 0.15) is 17.3 Å². The lowest BCUT2D eigenvalue weighted by Gasteiger charge is -2.05. The Kier molecular flexibility index (Phi) is 3.34. The Bertz CT molecular complexity index is 869. The molecule has 0 bridgehead atoms. The fourth-order valence-corrected chi connectivity index (χ4v) is 2.32. The molecule has 0 unspecified atom stereocenters. The number of anilines is 1. The van der Waals surface area contributed by atoms with E-state index in [9.17, 15) is 14.7 Å². The molecule has 0 spiro atoms. The van der Waals surface area contributed by atoms with E-state index in [1.165, 1.54) is 13.0 Å². The molecule has 0 aliphatic rings. The molecule has 0 aliphatic heterocycles. The van der Waals surface area contributed by atoms with Gasteiger partial charge in [0.2, 0.25) is 5.91 Å². The van der Waals surface area contributed by atoms with E-state index in [-0.39, 0.29) is 17.1 Å². The lowest BCUT2D eigenvalue weighted by molar-refractivity contribution is -0.114. The van der Waals surface area contributed by atoms with E-state index in [1.54, 1.807) is 16.7 Å². The molecule has 2 aromatic heterocycles. The number of pyridine rings is 1. The zero-order chi connectivity index (χ0) is 15.7. The Morgan fingerprint density at radius 2 is 1.86 bits per heavy atom. The van der Waals surface area contributed by atoms with Gasteiger partial charge in [-0.25, -0.2) is 9.78 Å². The Hall–Kier alpha value is -3.15. The van der Waals surface area contributed by atoms with Crippen molar-refractivity contribution in [1.29, 1.82) is 0 Å². The Balaban J connectivity index is 2.33. The third-order valence-corrected chi connectivity index (χ3v) is 3.22. The van der Waals surface area contributed by atoms with Gasteiger partial charge in [-0.3, -0.25) is 9.20 Å². The molecule has 22 heavy (non-hydrogen) atoms. The van der Waals surface area contributed by atoms with Gasteiger partial charge in [-0.05, 0) is 12.1 Å². The number of aromatic nitrogens is 2. The number of imidazole rings is 1. The molecule has 2 N–H and O–H groups in total. The summed E-state index contributed by atoms with van der Waals surface area (Å²) in [6.07, 6.45) is 1.67. The molecule has 1 amide bonds. The van der Waals surface area contributed by atoms with Crippen molar-refractivity contribution in [2.45, 2.75) is 6.92 Å². The molecule has 3 aromatic rings. The second-order valence-corrected chi connectivity index (χ2v) is 4.78. The minimum Gasteiger partial charge on any atom is -0.478 e. The molecular weight excluding hydrogens is 282 g/mol. The molecule has 0 atom stereocenters. The van der Waals surface area contributed by atoms with Crippen LogP contribution in [0.25, 0.3) is 16.9 Å². The van der Waals surface area contributed by atoms with Gasteiger partial charge < -0.3 is 10.4 Å². The van der Waals surface area contributed by atoms with Crippen LogP contribution < -0.4 is 5.32 Å². The summed E-state index contributed by atoms with van der Waals surface area (Å²) in [6.45, 7) is 1.40. The summed E-state index contributed by atoms with van der Waals surface area (Å²) in [7, 11) is 0. The lowest BCUT2D eigenvalue weighted by atomic mass is 10.1. The number of benzene rings is 1. The van der Waals surface area contributed by atoms with E-state index in [4.69, 9.17) is 0 Å². The van der Waals surface area contributed by atoms with Gasteiger partial charge in [0, 0.05) is 18.7 Å². The van der Waals surface area contributed by atoms with Crippen molar-refractivity contribution in [2.75, 3.05) is 5.32 Å².